The zero-order valence-corrected chi connectivity index (χ0v) is 25.8. The second-order valence-electron chi connectivity index (χ2n) is 12.1. The Bertz CT molecular complexity index is 2320. The molecule has 0 aliphatic rings. The maximum Gasteiger partial charge on any atom is 0.0346 e. The third kappa shape index (κ3) is 4.51. The van der Waals surface area contributed by atoms with Crippen LogP contribution in [0.25, 0.3) is 76.8 Å². The predicted molar refractivity (Wildman–Crippen MR) is 193 cm³/mol. The van der Waals surface area contributed by atoms with Gasteiger partial charge in [-0.25, -0.2) is 0 Å². The molecule has 45 heavy (non-hydrogen) atoms. The van der Waals surface area contributed by atoms with Gasteiger partial charge in [-0.3, -0.25) is 4.98 Å². The molecule has 0 fully saturated rings. The van der Waals surface area contributed by atoms with Crippen LogP contribution >= 0.6 is 0 Å². The summed E-state index contributed by atoms with van der Waals surface area (Å²) in [4.78, 5) is 4.41. The molecule has 0 atom stereocenters. The van der Waals surface area contributed by atoms with Crippen LogP contribution in [0.1, 0.15) is 16.7 Å². The Morgan fingerprint density at radius 2 is 0.822 bits per heavy atom. The van der Waals surface area contributed by atoms with Gasteiger partial charge in [-0.15, -0.1) is 0 Å². The summed E-state index contributed by atoms with van der Waals surface area (Å²) in [5, 5.41) is 7.62. The van der Waals surface area contributed by atoms with Gasteiger partial charge in [0, 0.05) is 18.0 Å². The number of aryl methyl sites for hydroxylation is 3. The van der Waals surface area contributed by atoms with Crippen LogP contribution in [0.15, 0.2) is 146 Å². The molecule has 0 unspecified atom stereocenters. The van der Waals surface area contributed by atoms with Gasteiger partial charge in [-0.1, -0.05) is 127 Å². The van der Waals surface area contributed by atoms with Gasteiger partial charge in [0.15, 0.2) is 0 Å². The fourth-order valence-electron chi connectivity index (χ4n) is 7.26. The number of aromatic nitrogens is 1. The Balaban J connectivity index is 1.39. The fourth-order valence-corrected chi connectivity index (χ4v) is 7.26. The molecule has 0 amide bonds. The van der Waals surface area contributed by atoms with Crippen LogP contribution in [0.2, 0.25) is 0 Å². The van der Waals surface area contributed by atoms with Crippen molar-refractivity contribution in [3.05, 3.63) is 163 Å². The first-order valence-electron chi connectivity index (χ1n) is 15.6. The molecule has 0 spiro atoms. The minimum absolute atomic E-state index is 1.14. The lowest BCUT2D eigenvalue weighted by molar-refractivity contribution is 1.27. The van der Waals surface area contributed by atoms with E-state index < -0.39 is 0 Å². The molecule has 0 saturated carbocycles. The van der Waals surface area contributed by atoms with E-state index >= 15 is 0 Å². The minimum atomic E-state index is 1.14. The highest BCUT2D eigenvalue weighted by atomic mass is 14.6. The molecule has 1 aromatic heterocycles. The van der Waals surface area contributed by atoms with Gasteiger partial charge in [0.25, 0.3) is 0 Å². The number of hydrogen-bond donors (Lipinski definition) is 0. The SMILES string of the molecule is Cc1cncc(-c2ccc(-c3c4ccccc4c(-c4cccc5c(-c6c(C)cccc6C)cccc45)c4ccccc34)cc2)c1. The Morgan fingerprint density at radius 1 is 0.356 bits per heavy atom. The normalized spacial score (nSPS) is 11.4. The largest absolute Gasteiger partial charge is 0.264 e. The van der Waals surface area contributed by atoms with E-state index in [2.05, 4.69) is 159 Å². The Hall–Kier alpha value is -5.53. The second kappa shape index (κ2) is 10.9. The highest BCUT2D eigenvalue weighted by Crippen LogP contribution is 2.46. The van der Waals surface area contributed by atoms with Gasteiger partial charge >= 0.3 is 0 Å². The van der Waals surface area contributed by atoms with E-state index in [9.17, 15) is 0 Å². The summed E-state index contributed by atoms with van der Waals surface area (Å²) in [5.41, 5.74) is 13.8. The van der Waals surface area contributed by atoms with E-state index in [4.69, 9.17) is 0 Å². The van der Waals surface area contributed by atoms with Crippen LogP contribution in [0.3, 0.4) is 0 Å². The van der Waals surface area contributed by atoms with E-state index in [-0.39, 0.29) is 0 Å². The van der Waals surface area contributed by atoms with Crippen LogP contribution in [-0.2, 0) is 0 Å². The van der Waals surface area contributed by atoms with Crippen molar-refractivity contribution in [2.24, 2.45) is 0 Å². The Morgan fingerprint density at radius 3 is 1.38 bits per heavy atom. The topological polar surface area (TPSA) is 12.9 Å². The molecule has 7 aromatic carbocycles. The molecule has 8 aromatic rings. The average Bonchev–Trinajstić information content (AvgIpc) is 3.07. The first-order valence-corrected chi connectivity index (χ1v) is 15.6. The maximum absolute atomic E-state index is 4.41. The minimum Gasteiger partial charge on any atom is -0.264 e. The average molecular weight is 576 g/mol. The van der Waals surface area contributed by atoms with E-state index in [0.717, 1.165) is 5.56 Å². The van der Waals surface area contributed by atoms with Crippen LogP contribution in [-0.4, -0.2) is 4.98 Å². The van der Waals surface area contributed by atoms with Crippen molar-refractivity contribution in [2.45, 2.75) is 20.8 Å². The second-order valence-corrected chi connectivity index (χ2v) is 12.1. The van der Waals surface area contributed by atoms with Gasteiger partial charge in [0.1, 0.15) is 0 Å². The standard InChI is InChI=1S/C44H33N/c1-28-25-33(27-45-26-28)31-21-23-32(24-22-31)43-38-13-4-6-15-40(38)44(41-16-7-5-14-39(41)43)37-20-10-17-34-35(37)18-9-19-36(34)42-29(2)11-8-12-30(42)3/h4-27H,1-3H3. The Kier molecular flexibility index (Phi) is 6.54. The van der Waals surface area contributed by atoms with Crippen molar-refractivity contribution in [3.8, 4) is 44.5 Å². The molecular formula is C44H33N. The van der Waals surface area contributed by atoms with Crippen LogP contribution in [0, 0.1) is 20.8 Å². The van der Waals surface area contributed by atoms with Crippen molar-refractivity contribution >= 4 is 32.3 Å². The van der Waals surface area contributed by atoms with E-state index in [0.29, 0.717) is 0 Å². The zero-order chi connectivity index (χ0) is 30.5. The highest BCUT2D eigenvalue weighted by molar-refractivity contribution is 6.24. The predicted octanol–water partition coefficient (Wildman–Crippen LogP) is 12.1. The van der Waals surface area contributed by atoms with Crippen molar-refractivity contribution in [2.75, 3.05) is 0 Å². The molecule has 0 radical (unpaired) electrons. The monoisotopic (exact) mass is 575 g/mol. The molecule has 1 heteroatoms. The molecule has 0 bridgehead atoms. The summed E-state index contributed by atoms with van der Waals surface area (Å²) in [5.74, 6) is 0. The molecule has 0 aliphatic carbocycles. The molecule has 214 valence electrons. The van der Waals surface area contributed by atoms with E-state index in [1.165, 1.54) is 88.0 Å². The summed E-state index contributed by atoms with van der Waals surface area (Å²) in [6.07, 6.45) is 3.84. The number of nitrogens with zero attached hydrogens (tertiary/aromatic N) is 1. The first-order chi connectivity index (χ1) is 22.1. The van der Waals surface area contributed by atoms with Crippen LogP contribution in [0.5, 0.6) is 0 Å². The number of pyridine rings is 1. The summed E-state index contributed by atoms with van der Waals surface area (Å²) < 4.78 is 0. The molecule has 0 saturated heterocycles. The highest BCUT2D eigenvalue weighted by Gasteiger charge is 2.19. The quantitative estimate of drug-likeness (QED) is 0.190. The van der Waals surface area contributed by atoms with E-state index in [1.807, 2.05) is 12.4 Å². The lowest BCUT2D eigenvalue weighted by Crippen LogP contribution is -1.93. The van der Waals surface area contributed by atoms with Gasteiger partial charge in [-0.2, -0.15) is 0 Å². The number of benzene rings is 7. The molecule has 1 heterocycles. The molecule has 0 N–H and O–H groups in total. The summed E-state index contributed by atoms with van der Waals surface area (Å²) in [6, 6.07) is 49.2. The van der Waals surface area contributed by atoms with Crippen molar-refractivity contribution in [1.82, 2.24) is 4.98 Å². The molecule has 0 aliphatic heterocycles. The number of rotatable bonds is 4. The van der Waals surface area contributed by atoms with Crippen molar-refractivity contribution < 1.29 is 0 Å². The fraction of sp³-hybridized carbons (Fsp3) is 0.0682. The summed E-state index contributed by atoms with van der Waals surface area (Å²) in [6.45, 7) is 6.52. The van der Waals surface area contributed by atoms with Gasteiger partial charge in [0.05, 0.1) is 0 Å². The molecule has 1 nitrogen and oxygen atoms in total. The number of hydrogen-bond acceptors (Lipinski definition) is 1. The smallest absolute Gasteiger partial charge is 0.0346 e. The third-order valence-electron chi connectivity index (χ3n) is 9.26. The summed E-state index contributed by atoms with van der Waals surface area (Å²) >= 11 is 0. The lowest BCUT2D eigenvalue weighted by atomic mass is 9.83. The van der Waals surface area contributed by atoms with Gasteiger partial charge < -0.3 is 0 Å². The third-order valence-corrected chi connectivity index (χ3v) is 9.26. The van der Waals surface area contributed by atoms with Crippen LogP contribution < -0.4 is 0 Å². The molecular weight excluding hydrogens is 542 g/mol. The molecule has 8 rings (SSSR count). The van der Waals surface area contributed by atoms with E-state index in [1.54, 1.807) is 0 Å². The van der Waals surface area contributed by atoms with Crippen molar-refractivity contribution in [1.29, 1.82) is 0 Å². The van der Waals surface area contributed by atoms with Gasteiger partial charge in [0.2, 0.25) is 0 Å². The van der Waals surface area contributed by atoms with Crippen LogP contribution in [0.4, 0.5) is 0 Å². The lowest BCUT2D eigenvalue weighted by Gasteiger charge is -2.20. The first kappa shape index (κ1) is 27.0. The maximum atomic E-state index is 4.41. The van der Waals surface area contributed by atoms with Gasteiger partial charge in [-0.05, 0) is 115 Å². The summed E-state index contributed by atoms with van der Waals surface area (Å²) in [7, 11) is 0. The van der Waals surface area contributed by atoms with Crippen molar-refractivity contribution in [3.63, 3.8) is 0 Å². The Labute approximate surface area is 264 Å². The zero-order valence-electron chi connectivity index (χ0n) is 25.8. The number of fused-ring (bicyclic) bond motifs is 3.